The van der Waals surface area contributed by atoms with Crippen LogP contribution in [0.25, 0.3) is 0 Å². The molecule has 0 bridgehead atoms. The third kappa shape index (κ3) is 13.2. The highest BCUT2D eigenvalue weighted by atomic mass is 127. The zero-order valence-electron chi connectivity index (χ0n) is 13.0. The number of likely N-dealkylation sites (N-methyl/N-ethyl adjacent to an activating group) is 2. The molecule has 4 N–H and O–H groups in total. The van der Waals surface area contributed by atoms with Crippen LogP contribution in [0.1, 0.15) is 0 Å². The topological polar surface area (TPSA) is 92.8 Å². The summed E-state index contributed by atoms with van der Waals surface area (Å²) in [5, 5.41) is 17.8. The summed E-state index contributed by atoms with van der Waals surface area (Å²) < 4.78 is 5.85. The van der Waals surface area contributed by atoms with Crippen molar-refractivity contribution in [2.75, 3.05) is 61.0 Å². The van der Waals surface area contributed by atoms with Crippen LogP contribution in [0.3, 0.4) is 0 Å². The molecule has 21 heavy (non-hydrogen) atoms. The second-order valence-corrected chi connectivity index (χ2v) is 6.97. The first-order valence-electron chi connectivity index (χ1n) is 6.16. The molecule has 7 nitrogen and oxygen atoms in total. The van der Waals surface area contributed by atoms with Crippen LogP contribution >= 0.6 is 12.2 Å². The molecular weight excluding hydrogens is 524 g/mol. The molecule has 0 amide bonds. The van der Waals surface area contributed by atoms with Crippen molar-refractivity contribution in [2.24, 2.45) is 5.73 Å². The number of carbonyl (C=O) groups excluding carboxylic acids is 1. The molecule has 0 aliphatic rings. The highest BCUT2D eigenvalue weighted by Crippen LogP contribution is 2.18. The van der Waals surface area contributed by atoms with E-state index in [1.54, 1.807) is 0 Å². The average molecular weight is 551 g/mol. The van der Waals surface area contributed by atoms with Crippen molar-refractivity contribution in [1.29, 1.82) is 0 Å². The quantitative estimate of drug-likeness (QED) is 0.114. The van der Waals surface area contributed by atoms with E-state index in [4.69, 9.17) is 20.1 Å². The molecule has 0 saturated carbocycles. The number of aliphatic hydroxyl groups is 2. The van der Waals surface area contributed by atoms with E-state index >= 15 is 0 Å². The van der Waals surface area contributed by atoms with Gasteiger partial charge in [0.1, 0.15) is 19.6 Å². The SMILES string of the molecule is C[N+](C)(CCO)CC(N)C(=O)OS[N+](C)(C)CCO.[I-].[I-]. The number of carbonyl (C=O) groups is 1. The lowest BCUT2D eigenvalue weighted by Gasteiger charge is -2.31. The van der Waals surface area contributed by atoms with Crippen molar-refractivity contribution in [3.8, 4) is 0 Å². The summed E-state index contributed by atoms with van der Waals surface area (Å²) in [7, 11) is 7.43. The maximum Gasteiger partial charge on any atom is 0.345 e. The molecule has 10 heteroatoms. The zero-order chi connectivity index (χ0) is 15.1. The molecule has 0 aromatic carbocycles. The van der Waals surface area contributed by atoms with E-state index in [-0.39, 0.29) is 61.2 Å². The largest absolute Gasteiger partial charge is 1.00 e. The van der Waals surface area contributed by atoms with Crippen LogP contribution in [0.4, 0.5) is 0 Å². The molecule has 0 aromatic rings. The maximum atomic E-state index is 11.8. The Labute approximate surface area is 165 Å². The zero-order valence-corrected chi connectivity index (χ0v) is 18.1. The summed E-state index contributed by atoms with van der Waals surface area (Å²) in [4.78, 5) is 11.8. The van der Waals surface area contributed by atoms with Gasteiger partial charge in [0.15, 0.2) is 6.04 Å². The van der Waals surface area contributed by atoms with Gasteiger partial charge in [-0.15, -0.1) is 0 Å². The van der Waals surface area contributed by atoms with Crippen molar-refractivity contribution in [3.05, 3.63) is 0 Å². The van der Waals surface area contributed by atoms with Crippen LogP contribution in [-0.4, -0.2) is 91.6 Å². The number of quaternary nitrogens is 2. The van der Waals surface area contributed by atoms with Crippen LogP contribution in [-0.2, 0) is 8.98 Å². The second kappa shape index (κ2) is 12.5. The minimum atomic E-state index is -0.733. The molecule has 130 valence electrons. The Morgan fingerprint density at radius 2 is 1.62 bits per heavy atom. The van der Waals surface area contributed by atoms with Crippen molar-refractivity contribution >= 4 is 18.2 Å². The molecule has 0 aromatic heterocycles. The lowest BCUT2D eigenvalue weighted by molar-refractivity contribution is -0.890. The summed E-state index contributed by atoms with van der Waals surface area (Å²) in [6, 6.07) is -0.733. The molecule has 0 fully saturated rings. The molecule has 0 saturated heterocycles. The molecular formula is C11H27I2N3O4S. The van der Waals surface area contributed by atoms with Gasteiger partial charge in [-0.05, 0) is 0 Å². The monoisotopic (exact) mass is 551 g/mol. The lowest BCUT2D eigenvalue weighted by atomic mass is 10.2. The van der Waals surface area contributed by atoms with E-state index in [0.717, 1.165) is 12.2 Å². The van der Waals surface area contributed by atoms with E-state index in [2.05, 4.69) is 0 Å². The number of nitrogens with zero attached hydrogens (tertiary/aromatic N) is 2. The van der Waals surface area contributed by atoms with Crippen LogP contribution in [0.5, 0.6) is 0 Å². The van der Waals surface area contributed by atoms with Gasteiger partial charge in [-0.25, -0.2) is 8.68 Å². The molecule has 0 radical (unpaired) electrons. The van der Waals surface area contributed by atoms with Gasteiger partial charge in [-0.1, -0.05) is 0 Å². The lowest BCUT2D eigenvalue weighted by Crippen LogP contribution is -3.00. The number of halogens is 2. The van der Waals surface area contributed by atoms with Gasteiger partial charge >= 0.3 is 18.2 Å². The average Bonchev–Trinajstić information content (AvgIpc) is 2.25. The third-order valence-corrected chi connectivity index (χ3v) is 3.48. The van der Waals surface area contributed by atoms with Gasteiger partial charge < -0.3 is 72.6 Å². The van der Waals surface area contributed by atoms with E-state index in [1.807, 2.05) is 28.2 Å². The summed E-state index contributed by atoms with van der Waals surface area (Å²) in [5.74, 6) is -0.488. The first-order chi connectivity index (χ1) is 8.63. The molecule has 1 unspecified atom stereocenters. The van der Waals surface area contributed by atoms with Gasteiger partial charge in [0.25, 0.3) is 0 Å². The Hall–Kier alpha value is 1.08. The first-order valence-corrected chi connectivity index (χ1v) is 6.86. The van der Waals surface area contributed by atoms with Gasteiger partial charge in [0.05, 0.1) is 41.4 Å². The molecule has 0 rings (SSSR count). The standard InChI is InChI=1S/C11H27N3O4S.2HI/c1-13(2,5-7-15)9-10(12)11(17)18-19-14(3,4)6-8-16;;/h10,15-16H,5-9,12H2,1-4H3;2*1H/q+2;;/p-2. The fraction of sp³-hybridized carbons (Fsp3) is 0.909. The van der Waals surface area contributed by atoms with Crippen molar-refractivity contribution in [1.82, 2.24) is 0 Å². The minimum Gasteiger partial charge on any atom is -1.00 e. The molecule has 1 atom stereocenters. The Morgan fingerprint density at radius 3 is 2.05 bits per heavy atom. The maximum absolute atomic E-state index is 11.8. The molecule has 0 aliphatic heterocycles. The predicted molar refractivity (Wildman–Crippen MR) is 74.6 cm³/mol. The van der Waals surface area contributed by atoms with Crippen LogP contribution in [0.2, 0.25) is 0 Å². The minimum absolute atomic E-state index is 0. The molecule has 0 spiro atoms. The van der Waals surface area contributed by atoms with E-state index in [9.17, 15) is 4.79 Å². The summed E-state index contributed by atoms with van der Waals surface area (Å²) in [6.07, 6.45) is 0. The fourth-order valence-electron chi connectivity index (χ4n) is 1.45. The second-order valence-electron chi connectivity index (χ2n) is 5.67. The van der Waals surface area contributed by atoms with E-state index < -0.39 is 12.0 Å². The Balaban J connectivity index is -0.00000162. The van der Waals surface area contributed by atoms with Crippen molar-refractivity contribution in [3.63, 3.8) is 0 Å². The number of hydrogen-bond acceptors (Lipinski definition) is 6. The van der Waals surface area contributed by atoms with Gasteiger partial charge in [0.2, 0.25) is 0 Å². The van der Waals surface area contributed by atoms with Gasteiger partial charge in [-0.2, -0.15) is 0 Å². The first kappa shape index (κ1) is 27.0. The smallest absolute Gasteiger partial charge is 0.345 e. The number of hydrogen-bond donors (Lipinski definition) is 3. The fourth-order valence-corrected chi connectivity index (χ4v) is 2.00. The summed E-state index contributed by atoms with van der Waals surface area (Å²) >= 11 is 0.971. The Kier molecular flexibility index (Phi) is 16.0. The Bertz CT molecular complexity index is 297. The highest BCUT2D eigenvalue weighted by molar-refractivity contribution is 7.89. The normalized spacial score (nSPS) is 12.9. The third-order valence-electron chi connectivity index (χ3n) is 2.66. The van der Waals surface area contributed by atoms with Gasteiger partial charge in [-0.3, -0.25) is 0 Å². The van der Waals surface area contributed by atoms with E-state index in [1.165, 1.54) is 0 Å². The highest BCUT2D eigenvalue weighted by Gasteiger charge is 2.29. The predicted octanol–water partition coefficient (Wildman–Crippen LogP) is -7.43. The summed E-state index contributed by atoms with van der Waals surface area (Å²) in [6.45, 7) is 1.46. The van der Waals surface area contributed by atoms with Crippen LogP contribution < -0.4 is 53.7 Å². The van der Waals surface area contributed by atoms with Gasteiger partial charge in [0, 0.05) is 0 Å². The van der Waals surface area contributed by atoms with Crippen LogP contribution in [0.15, 0.2) is 0 Å². The summed E-state index contributed by atoms with van der Waals surface area (Å²) in [5.41, 5.74) is 5.80. The van der Waals surface area contributed by atoms with Crippen molar-refractivity contribution < 1.29 is 75.5 Å². The number of nitrogens with two attached hydrogens (primary N) is 1. The van der Waals surface area contributed by atoms with Crippen molar-refractivity contribution in [2.45, 2.75) is 6.04 Å². The van der Waals surface area contributed by atoms with Crippen LogP contribution in [0, 0.1) is 0 Å². The molecule has 0 aliphatic carbocycles. The van der Waals surface area contributed by atoms with E-state index in [0.29, 0.717) is 28.0 Å². The molecule has 0 heterocycles. The number of aliphatic hydroxyl groups excluding tert-OH is 2. The number of rotatable bonds is 9. The Morgan fingerprint density at radius 1 is 1.14 bits per heavy atom.